The first-order valence-corrected chi connectivity index (χ1v) is 13.7. The first-order valence-electron chi connectivity index (χ1n) is 12.2. The third kappa shape index (κ3) is 7.26. The van der Waals surface area contributed by atoms with E-state index < -0.39 is 10.0 Å². The molecule has 0 unspecified atom stereocenters. The number of hydrogen-bond acceptors (Lipinski definition) is 4. The van der Waals surface area contributed by atoms with Crippen molar-refractivity contribution in [1.82, 2.24) is 9.62 Å². The second-order valence-electron chi connectivity index (χ2n) is 8.96. The summed E-state index contributed by atoms with van der Waals surface area (Å²) in [6.07, 6.45) is 3.29. The molecule has 8 heteroatoms. The Morgan fingerprint density at radius 3 is 2.08 bits per heavy atom. The number of nitrogens with zero attached hydrogens (tertiary/aromatic N) is 1. The molecular formula is C28H31N3O4S. The maximum atomic E-state index is 12.5. The smallest absolute Gasteiger partial charge is 0.240 e. The number of carbonyl (C=O) groups excluding carboxylic acids is 2. The fourth-order valence-electron chi connectivity index (χ4n) is 4.13. The maximum Gasteiger partial charge on any atom is 0.240 e. The highest BCUT2D eigenvalue weighted by Gasteiger charge is 2.18. The number of carbonyl (C=O) groups is 2. The SMILES string of the molecule is O=C(CCc1ccc(S(=O)(=O)NCc2ccccc2)cc1)Nc1ccc(CC(=O)N2CCCC2)cc1. The van der Waals surface area contributed by atoms with Crippen LogP contribution in [0, 0.1) is 0 Å². The minimum absolute atomic E-state index is 0.128. The van der Waals surface area contributed by atoms with E-state index in [-0.39, 0.29) is 29.7 Å². The Hall–Kier alpha value is -3.49. The molecule has 3 aromatic rings. The second kappa shape index (κ2) is 12.0. The van der Waals surface area contributed by atoms with Crippen molar-refractivity contribution in [2.75, 3.05) is 18.4 Å². The van der Waals surface area contributed by atoms with Gasteiger partial charge in [-0.1, -0.05) is 54.6 Å². The van der Waals surface area contributed by atoms with Gasteiger partial charge in [0, 0.05) is 31.7 Å². The average Bonchev–Trinajstić information content (AvgIpc) is 3.44. The fraction of sp³-hybridized carbons (Fsp3) is 0.286. The molecule has 1 fully saturated rings. The van der Waals surface area contributed by atoms with Gasteiger partial charge in [0.05, 0.1) is 11.3 Å². The lowest BCUT2D eigenvalue weighted by Gasteiger charge is -2.15. The zero-order valence-corrected chi connectivity index (χ0v) is 21.0. The molecule has 7 nitrogen and oxygen atoms in total. The standard InChI is InChI=1S/C28H31N3O4S/c32-27(30-25-13-8-23(9-14-25)20-28(33)31-18-4-5-19-31)17-12-22-10-15-26(16-11-22)36(34,35)29-21-24-6-2-1-3-7-24/h1-3,6-11,13-16,29H,4-5,12,17-21H2,(H,30,32). The molecular weight excluding hydrogens is 474 g/mol. The van der Waals surface area contributed by atoms with Crippen molar-refractivity contribution in [3.8, 4) is 0 Å². The highest BCUT2D eigenvalue weighted by atomic mass is 32.2. The molecule has 1 saturated heterocycles. The highest BCUT2D eigenvalue weighted by molar-refractivity contribution is 7.89. The van der Waals surface area contributed by atoms with Gasteiger partial charge >= 0.3 is 0 Å². The Bertz CT molecular complexity index is 1270. The number of aryl methyl sites for hydroxylation is 1. The van der Waals surface area contributed by atoms with Crippen molar-refractivity contribution in [3.63, 3.8) is 0 Å². The molecule has 0 bridgehead atoms. The quantitative estimate of drug-likeness (QED) is 0.437. The molecule has 0 aliphatic carbocycles. The molecule has 4 rings (SSSR count). The van der Waals surface area contributed by atoms with Gasteiger partial charge in [-0.2, -0.15) is 0 Å². The number of amides is 2. The van der Waals surface area contributed by atoms with E-state index in [4.69, 9.17) is 0 Å². The van der Waals surface area contributed by atoms with Gasteiger partial charge in [0.25, 0.3) is 0 Å². The Kier molecular flexibility index (Phi) is 8.51. The minimum Gasteiger partial charge on any atom is -0.342 e. The number of likely N-dealkylation sites (tertiary alicyclic amines) is 1. The number of sulfonamides is 1. The van der Waals surface area contributed by atoms with Crippen LogP contribution in [-0.2, 0) is 39.0 Å². The van der Waals surface area contributed by atoms with Crippen LogP contribution >= 0.6 is 0 Å². The van der Waals surface area contributed by atoms with Gasteiger partial charge in [0.15, 0.2) is 0 Å². The van der Waals surface area contributed by atoms with E-state index in [0.717, 1.165) is 42.6 Å². The molecule has 0 saturated carbocycles. The lowest BCUT2D eigenvalue weighted by atomic mass is 10.1. The lowest BCUT2D eigenvalue weighted by molar-refractivity contribution is -0.129. The second-order valence-corrected chi connectivity index (χ2v) is 10.7. The van der Waals surface area contributed by atoms with Gasteiger partial charge in [0.2, 0.25) is 21.8 Å². The van der Waals surface area contributed by atoms with Crippen molar-refractivity contribution in [1.29, 1.82) is 0 Å². The molecule has 1 heterocycles. The summed E-state index contributed by atoms with van der Waals surface area (Å²) in [4.78, 5) is 26.8. The summed E-state index contributed by atoms with van der Waals surface area (Å²) in [5, 5.41) is 2.88. The minimum atomic E-state index is -3.62. The highest BCUT2D eigenvalue weighted by Crippen LogP contribution is 2.16. The molecule has 0 aromatic heterocycles. The lowest BCUT2D eigenvalue weighted by Crippen LogP contribution is -2.29. The molecule has 36 heavy (non-hydrogen) atoms. The largest absolute Gasteiger partial charge is 0.342 e. The van der Waals surface area contributed by atoms with E-state index >= 15 is 0 Å². The van der Waals surface area contributed by atoms with Crippen LogP contribution in [0.1, 0.15) is 36.0 Å². The van der Waals surface area contributed by atoms with Crippen LogP contribution in [0.2, 0.25) is 0 Å². The number of hydrogen-bond donors (Lipinski definition) is 2. The number of benzene rings is 3. The van der Waals surface area contributed by atoms with Gasteiger partial charge < -0.3 is 10.2 Å². The topological polar surface area (TPSA) is 95.6 Å². The number of rotatable bonds is 10. The van der Waals surface area contributed by atoms with Gasteiger partial charge in [0.1, 0.15) is 0 Å². The molecule has 3 aromatic carbocycles. The Morgan fingerprint density at radius 2 is 1.42 bits per heavy atom. The molecule has 0 radical (unpaired) electrons. The van der Waals surface area contributed by atoms with Gasteiger partial charge in [-0.25, -0.2) is 13.1 Å². The number of nitrogens with one attached hydrogen (secondary N) is 2. The van der Waals surface area contributed by atoms with Gasteiger partial charge in [-0.3, -0.25) is 9.59 Å². The van der Waals surface area contributed by atoms with E-state index in [1.807, 2.05) is 59.5 Å². The summed E-state index contributed by atoms with van der Waals surface area (Å²) in [5.74, 6) is 0.0206. The summed E-state index contributed by atoms with van der Waals surface area (Å²) >= 11 is 0. The molecule has 1 aliphatic heterocycles. The summed E-state index contributed by atoms with van der Waals surface area (Å²) in [7, 11) is -3.62. The van der Waals surface area contributed by atoms with Crippen LogP contribution < -0.4 is 10.0 Å². The van der Waals surface area contributed by atoms with E-state index in [2.05, 4.69) is 10.0 Å². The third-order valence-corrected chi connectivity index (χ3v) is 7.65. The predicted molar refractivity (Wildman–Crippen MR) is 140 cm³/mol. The summed E-state index contributed by atoms with van der Waals surface area (Å²) < 4.78 is 27.7. The van der Waals surface area contributed by atoms with Gasteiger partial charge in [-0.05, 0) is 60.2 Å². The normalized spacial score (nSPS) is 13.5. The van der Waals surface area contributed by atoms with Crippen LogP contribution in [0.15, 0.2) is 83.8 Å². The van der Waals surface area contributed by atoms with Crippen molar-refractivity contribution in [2.24, 2.45) is 0 Å². The van der Waals surface area contributed by atoms with Crippen molar-refractivity contribution < 1.29 is 18.0 Å². The van der Waals surface area contributed by atoms with Crippen LogP contribution in [-0.4, -0.2) is 38.2 Å². The molecule has 2 N–H and O–H groups in total. The zero-order valence-electron chi connectivity index (χ0n) is 20.2. The summed E-state index contributed by atoms with van der Waals surface area (Å²) in [6.45, 7) is 1.91. The Balaban J connectivity index is 1.23. The first kappa shape index (κ1) is 25.6. The zero-order chi connectivity index (χ0) is 25.4. The van der Waals surface area contributed by atoms with Crippen LogP contribution in [0.4, 0.5) is 5.69 Å². The number of anilines is 1. The maximum absolute atomic E-state index is 12.5. The van der Waals surface area contributed by atoms with Crippen molar-refractivity contribution in [3.05, 3.63) is 95.6 Å². The van der Waals surface area contributed by atoms with Crippen LogP contribution in [0.25, 0.3) is 0 Å². The first-order chi connectivity index (χ1) is 17.4. The average molecular weight is 506 g/mol. The molecule has 0 atom stereocenters. The van der Waals surface area contributed by atoms with Crippen molar-refractivity contribution >= 4 is 27.5 Å². The van der Waals surface area contributed by atoms with E-state index in [9.17, 15) is 18.0 Å². The molecule has 188 valence electrons. The Morgan fingerprint density at radius 1 is 0.778 bits per heavy atom. The molecule has 2 amide bonds. The fourth-order valence-corrected chi connectivity index (χ4v) is 5.15. The summed E-state index contributed by atoms with van der Waals surface area (Å²) in [5.41, 5.74) is 3.37. The molecule has 1 aliphatic rings. The third-order valence-electron chi connectivity index (χ3n) is 6.24. The van der Waals surface area contributed by atoms with Gasteiger partial charge in [-0.15, -0.1) is 0 Å². The van der Waals surface area contributed by atoms with Crippen LogP contribution in [0.3, 0.4) is 0 Å². The monoisotopic (exact) mass is 505 g/mol. The van der Waals surface area contributed by atoms with Crippen LogP contribution in [0.5, 0.6) is 0 Å². The molecule has 0 spiro atoms. The van der Waals surface area contributed by atoms with E-state index in [1.165, 1.54) is 0 Å². The summed E-state index contributed by atoms with van der Waals surface area (Å²) in [6, 6.07) is 23.3. The van der Waals surface area contributed by atoms with E-state index in [0.29, 0.717) is 18.5 Å². The van der Waals surface area contributed by atoms with E-state index in [1.54, 1.807) is 24.3 Å². The predicted octanol–water partition coefficient (Wildman–Crippen LogP) is 3.90. The van der Waals surface area contributed by atoms with Crippen molar-refractivity contribution in [2.45, 2.75) is 43.5 Å². The Labute approximate surface area is 212 Å².